The molecule has 0 saturated heterocycles. The first-order valence-corrected chi connectivity index (χ1v) is 9.60. The van der Waals surface area contributed by atoms with Crippen LogP contribution in [0.25, 0.3) is 6.08 Å². The number of nitriles is 1. The lowest BCUT2D eigenvalue weighted by Crippen LogP contribution is -2.42. The average Bonchev–Trinajstić information content (AvgIpc) is 2.75. The molecule has 3 rings (SSSR count). The van der Waals surface area contributed by atoms with E-state index in [4.69, 9.17) is 16.3 Å². The van der Waals surface area contributed by atoms with Crippen molar-refractivity contribution in [3.05, 3.63) is 94.1 Å². The molecule has 0 bridgehead atoms. The lowest BCUT2D eigenvalue weighted by molar-refractivity contribution is -0.141. The third kappa shape index (κ3) is 4.35. The van der Waals surface area contributed by atoms with E-state index < -0.39 is 11.8 Å². The minimum Gasteiger partial charge on any atom is -0.490 e. The number of benzene rings is 2. The van der Waals surface area contributed by atoms with Crippen molar-refractivity contribution in [3.63, 3.8) is 0 Å². The van der Waals surface area contributed by atoms with Crippen molar-refractivity contribution in [1.29, 1.82) is 5.26 Å². The Bertz CT molecular complexity index is 1110. The van der Waals surface area contributed by atoms with Crippen LogP contribution in [0.15, 0.2) is 77.9 Å². The van der Waals surface area contributed by atoms with Gasteiger partial charge in [0.05, 0.1) is 6.54 Å². The van der Waals surface area contributed by atoms with Gasteiger partial charge in [0.15, 0.2) is 0 Å². The van der Waals surface area contributed by atoms with Crippen LogP contribution in [0.4, 0.5) is 0 Å². The molecule has 0 aliphatic carbocycles. The molecule has 5 nitrogen and oxygen atoms in total. The molecule has 0 N–H and O–H groups in total. The minimum absolute atomic E-state index is 0.0124. The Balaban J connectivity index is 1.97. The lowest BCUT2D eigenvalue weighted by atomic mass is 9.93. The fourth-order valence-corrected chi connectivity index (χ4v) is 3.25. The maximum atomic E-state index is 13.2. The van der Waals surface area contributed by atoms with Crippen LogP contribution in [0.3, 0.4) is 0 Å². The second-order valence-corrected chi connectivity index (χ2v) is 7.03. The zero-order valence-corrected chi connectivity index (χ0v) is 17.1. The number of nitrogens with zero attached hydrogens (tertiary/aromatic N) is 2. The molecule has 0 radical (unpaired) electrons. The van der Waals surface area contributed by atoms with Crippen molar-refractivity contribution >= 4 is 29.5 Å². The lowest BCUT2D eigenvalue weighted by Gasteiger charge is -2.27. The second-order valence-electron chi connectivity index (χ2n) is 6.63. The topological polar surface area (TPSA) is 70.4 Å². The first kappa shape index (κ1) is 21.1. The van der Waals surface area contributed by atoms with Crippen molar-refractivity contribution < 1.29 is 14.3 Å². The Labute approximate surface area is 180 Å². The summed E-state index contributed by atoms with van der Waals surface area (Å²) in [4.78, 5) is 27.0. The smallest absolute Gasteiger partial charge is 0.271 e. The highest BCUT2D eigenvalue weighted by Crippen LogP contribution is 2.29. The first-order chi connectivity index (χ1) is 14.5. The summed E-state index contributed by atoms with van der Waals surface area (Å²) in [5.41, 5.74) is 1.96. The molecule has 2 aromatic carbocycles. The van der Waals surface area contributed by atoms with Gasteiger partial charge in [0.1, 0.15) is 24.0 Å². The second kappa shape index (κ2) is 9.25. The Morgan fingerprint density at radius 3 is 2.47 bits per heavy atom. The van der Waals surface area contributed by atoms with Crippen LogP contribution in [0.1, 0.15) is 18.1 Å². The summed E-state index contributed by atoms with van der Waals surface area (Å²) >= 11 is 6.20. The number of carbonyl (C=O) groups excluding carboxylic acids is 2. The van der Waals surface area contributed by atoms with E-state index in [-0.39, 0.29) is 17.7 Å². The van der Waals surface area contributed by atoms with Crippen LogP contribution < -0.4 is 4.74 Å². The van der Waals surface area contributed by atoms with Gasteiger partial charge in [0.2, 0.25) is 0 Å². The molecule has 1 aliphatic heterocycles. The van der Waals surface area contributed by atoms with E-state index in [1.54, 1.807) is 67.6 Å². The number of amides is 2. The van der Waals surface area contributed by atoms with Crippen LogP contribution >= 0.6 is 11.6 Å². The summed E-state index contributed by atoms with van der Waals surface area (Å²) in [6, 6.07) is 16.1. The van der Waals surface area contributed by atoms with Crippen LogP contribution in [0.2, 0.25) is 5.02 Å². The summed E-state index contributed by atoms with van der Waals surface area (Å²) in [7, 11) is 0. The van der Waals surface area contributed by atoms with Crippen LogP contribution in [-0.4, -0.2) is 23.3 Å². The van der Waals surface area contributed by atoms with Crippen LogP contribution in [0, 0.1) is 11.3 Å². The molecule has 1 aliphatic rings. The third-order valence-corrected chi connectivity index (χ3v) is 5.04. The molecule has 30 heavy (non-hydrogen) atoms. The van der Waals surface area contributed by atoms with Gasteiger partial charge in [-0.2, -0.15) is 5.26 Å². The molecule has 0 aromatic heterocycles. The molecular weight excluding hydrogens is 400 g/mol. The van der Waals surface area contributed by atoms with Gasteiger partial charge < -0.3 is 4.74 Å². The summed E-state index contributed by atoms with van der Waals surface area (Å²) < 4.78 is 5.46. The van der Waals surface area contributed by atoms with E-state index in [2.05, 4.69) is 6.58 Å². The predicted molar refractivity (Wildman–Crippen MR) is 115 cm³/mol. The number of hydrogen-bond acceptors (Lipinski definition) is 4. The van der Waals surface area contributed by atoms with E-state index in [1.807, 2.05) is 6.07 Å². The predicted octanol–water partition coefficient (Wildman–Crippen LogP) is 4.70. The largest absolute Gasteiger partial charge is 0.490 e. The SMILES string of the molecule is C=CCOc1ccc(/C=C2/C(=O)N(Cc3ccccc3Cl)C(=O)C(C#N)=C2C)cc1. The number of ether oxygens (including phenoxy) is 1. The highest BCUT2D eigenvalue weighted by molar-refractivity contribution is 6.31. The summed E-state index contributed by atoms with van der Waals surface area (Å²) in [6.07, 6.45) is 3.32. The van der Waals surface area contributed by atoms with Crippen molar-refractivity contribution in [2.24, 2.45) is 0 Å². The van der Waals surface area contributed by atoms with Gasteiger partial charge in [0.25, 0.3) is 11.8 Å². The number of carbonyl (C=O) groups is 2. The van der Waals surface area contributed by atoms with E-state index in [0.29, 0.717) is 28.5 Å². The number of imide groups is 1. The van der Waals surface area contributed by atoms with Crippen LogP contribution in [-0.2, 0) is 16.1 Å². The highest BCUT2D eigenvalue weighted by atomic mass is 35.5. The summed E-state index contributed by atoms with van der Waals surface area (Å²) in [5.74, 6) is -0.416. The van der Waals surface area contributed by atoms with Gasteiger partial charge in [-0.1, -0.05) is 54.6 Å². The van der Waals surface area contributed by atoms with Crippen molar-refractivity contribution in [3.8, 4) is 11.8 Å². The molecule has 1 heterocycles. The monoisotopic (exact) mass is 418 g/mol. The average molecular weight is 419 g/mol. The first-order valence-electron chi connectivity index (χ1n) is 9.22. The summed E-state index contributed by atoms with van der Waals surface area (Å²) in [6.45, 7) is 5.59. The normalized spacial score (nSPS) is 15.4. The molecule has 0 unspecified atom stereocenters. The molecule has 0 fully saturated rings. The molecule has 0 spiro atoms. The molecule has 2 amide bonds. The van der Waals surface area contributed by atoms with Crippen molar-refractivity contribution in [1.82, 2.24) is 4.90 Å². The molecule has 6 heteroatoms. The van der Waals surface area contributed by atoms with Crippen molar-refractivity contribution in [2.45, 2.75) is 13.5 Å². The van der Waals surface area contributed by atoms with Gasteiger partial charge >= 0.3 is 0 Å². The van der Waals surface area contributed by atoms with Gasteiger partial charge in [0, 0.05) is 10.6 Å². The molecular formula is C24H19ClN2O3. The van der Waals surface area contributed by atoms with Gasteiger partial charge in [-0.15, -0.1) is 0 Å². The van der Waals surface area contributed by atoms with Crippen LogP contribution in [0.5, 0.6) is 5.75 Å². The van der Waals surface area contributed by atoms with E-state index in [1.165, 1.54) is 0 Å². The Morgan fingerprint density at radius 1 is 1.13 bits per heavy atom. The minimum atomic E-state index is -0.620. The van der Waals surface area contributed by atoms with E-state index in [0.717, 1.165) is 10.5 Å². The van der Waals surface area contributed by atoms with Gasteiger partial charge in [-0.3, -0.25) is 14.5 Å². The third-order valence-electron chi connectivity index (χ3n) is 4.67. The maximum Gasteiger partial charge on any atom is 0.271 e. The molecule has 0 atom stereocenters. The quantitative estimate of drug-likeness (QED) is 0.387. The fourth-order valence-electron chi connectivity index (χ4n) is 3.05. The fraction of sp³-hybridized carbons (Fsp3) is 0.125. The van der Waals surface area contributed by atoms with E-state index >= 15 is 0 Å². The Morgan fingerprint density at radius 2 is 1.83 bits per heavy atom. The zero-order valence-electron chi connectivity index (χ0n) is 16.4. The molecule has 2 aromatic rings. The molecule has 0 saturated carbocycles. The van der Waals surface area contributed by atoms with Gasteiger partial charge in [-0.05, 0) is 47.9 Å². The molecule has 150 valence electrons. The van der Waals surface area contributed by atoms with E-state index in [9.17, 15) is 14.9 Å². The summed E-state index contributed by atoms with van der Waals surface area (Å²) in [5, 5.41) is 9.96. The highest BCUT2D eigenvalue weighted by Gasteiger charge is 2.35. The number of hydrogen-bond donors (Lipinski definition) is 0. The number of rotatable bonds is 6. The Hall–Kier alpha value is -3.62. The number of halogens is 1. The standard InChI is InChI=1S/C24H19ClN2O3/c1-3-12-30-19-10-8-17(9-11-19)13-20-16(2)21(14-26)24(29)27(23(20)28)15-18-6-4-5-7-22(18)25/h3-11,13H,1,12,15H2,2H3/b20-13+. The van der Waals surface area contributed by atoms with Gasteiger partial charge in [-0.25, -0.2) is 0 Å². The Kier molecular flexibility index (Phi) is 6.51. The maximum absolute atomic E-state index is 13.2. The van der Waals surface area contributed by atoms with Crippen molar-refractivity contribution in [2.75, 3.05) is 6.61 Å². The zero-order chi connectivity index (χ0) is 21.7.